The smallest absolute Gasteiger partial charge is 0.243 e. The van der Waals surface area contributed by atoms with Crippen LogP contribution in [0, 0.1) is 0 Å². The predicted octanol–water partition coefficient (Wildman–Crippen LogP) is 7.21. The van der Waals surface area contributed by atoms with Crippen molar-refractivity contribution in [3.63, 3.8) is 0 Å². The van der Waals surface area contributed by atoms with Gasteiger partial charge in [-0.1, -0.05) is 77.8 Å². The lowest BCUT2D eigenvalue weighted by molar-refractivity contribution is -0.117. The fraction of sp³-hybridized carbons (Fsp3) is 0.280. The molecule has 2 aromatic carbocycles. The molecule has 2 rings (SSSR count). The van der Waals surface area contributed by atoms with Gasteiger partial charge in [-0.15, -0.1) is 0 Å². The molecule has 0 atom stereocenters. The van der Waals surface area contributed by atoms with E-state index in [4.69, 9.17) is 46.4 Å². The summed E-state index contributed by atoms with van der Waals surface area (Å²) in [6.07, 6.45) is 11.1. The second-order valence-corrected chi connectivity index (χ2v) is 9.04. The number of rotatable bonds is 12. The molecule has 0 radical (unpaired) electrons. The Kier molecular flexibility index (Phi) is 12.4. The number of carbonyl (C=O) groups is 2. The fourth-order valence-electron chi connectivity index (χ4n) is 2.93. The monoisotopic (exact) mass is 526 g/mol. The summed E-state index contributed by atoms with van der Waals surface area (Å²) >= 11 is 23.9. The quantitative estimate of drug-likeness (QED) is 0.226. The maximum atomic E-state index is 11.9. The van der Waals surface area contributed by atoms with Gasteiger partial charge in [0, 0.05) is 45.3 Å². The summed E-state index contributed by atoms with van der Waals surface area (Å²) < 4.78 is 0. The van der Waals surface area contributed by atoms with Crippen LogP contribution in [0.25, 0.3) is 12.2 Å². The highest BCUT2D eigenvalue weighted by Gasteiger charge is 2.01. The van der Waals surface area contributed by atoms with E-state index in [-0.39, 0.29) is 11.8 Å². The number of benzene rings is 2. The van der Waals surface area contributed by atoms with E-state index in [1.165, 1.54) is 12.2 Å². The molecule has 2 amide bonds. The molecule has 176 valence electrons. The summed E-state index contributed by atoms with van der Waals surface area (Å²) in [5.74, 6) is -0.312. The molecule has 4 nitrogen and oxygen atoms in total. The van der Waals surface area contributed by atoms with Gasteiger partial charge < -0.3 is 10.6 Å². The van der Waals surface area contributed by atoms with Crippen LogP contribution in [0.2, 0.25) is 20.1 Å². The van der Waals surface area contributed by atoms with Gasteiger partial charge in [0.15, 0.2) is 0 Å². The van der Waals surface area contributed by atoms with Gasteiger partial charge in [0.2, 0.25) is 11.8 Å². The van der Waals surface area contributed by atoms with Crippen molar-refractivity contribution in [2.75, 3.05) is 13.1 Å². The molecule has 0 fully saturated rings. The molecule has 8 heteroatoms. The van der Waals surface area contributed by atoms with Gasteiger partial charge in [-0.05, 0) is 60.4 Å². The van der Waals surface area contributed by atoms with Crippen molar-refractivity contribution in [3.8, 4) is 0 Å². The fourth-order valence-corrected chi connectivity index (χ4v) is 3.87. The van der Waals surface area contributed by atoms with Crippen LogP contribution in [0.15, 0.2) is 48.6 Å². The molecule has 0 heterocycles. The molecule has 0 unspecified atom stereocenters. The number of unbranched alkanes of at least 4 members (excludes halogenated alkanes) is 4. The molecule has 0 aliphatic rings. The Morgan fingerprint density at radius 2 is 1.03 bits per heavy atom. The highest BCUT2D eigenvalue weighted by Crippen LogP contribution is 2.22. The zero-order valence-electron chi connectivity index (χ0n) is 18.1. The number of hydrogen-bond donors (Lipinski definition) is 2. The average molecular weight is 528 g/mol. The van der Waals surface area contributed by atoms with Crippen molar-refractivity contribution in [3.05, 3.63) is 79.8 Å². The zero-order chi connectivity index (χ0) is 24.1. The highest BCUT2D eigenvalue weighted by molar-refractivity contribution is 6.36. The van der Waals surface area contributed by atoms with Crippen molar-refractivity contribution < 1.29 is 9.59 Å². The Bertz CT molecular complexity index is 926. The number of nitrogens with one attached hydrogen (secondary N) is 2. The lowest BCUT2D eigenvalue weighted by Gasteiger charge is -2.04. The van der Waals surface area contributed by atoms with Crippen molar-refractivity contribution >= 4 is 70.4 Å². The van der Waals surface area contributed by atoms with Crippen molar-refractivity contribution in [2.45, 2.75) is 32.1 Å². The van der Waals surface area contributed by atoms with Gasteiger partial charge in [0.25, 0.3) is 0 Å². The number of amides is 2. The van der Waals surface area contributed by atoms with E-state index in [0.717, 1.165) is 43.2 Å². The molecular weight excluding hydrogens is 502 g/mol. The molecule has 0 aromatic heterocycles. The third kappa shape index (κ3) is 11.1. The number of hydrogen-bond acceptors (Lipinski definition) is 2. The van der Waals surface area contributed by atoms with Crippen LogP contribution in [0.4, 0.5) is 0 Å². The second kappa shape index (κ2) is 15.0. The average Bonchev–Trinajstić information content (AvgIpc) is 2.76. The summed E-state index contributed by atoms with van der Waals surface area (Å²) in [5.41, 5.74) is 1.49. The normalized spacial score (nSPS) is 11.3. The number of carbonyl (C=O) groups excluding carboxylic acids is 2. The standard InChI is InChI=1S/C25H26Cl4N2O2/c26-20-10-6-18(22(28)16-20)8-12-24(32)30-14-4-2-1-3-5-15-31-25(33)13-9-19-7-11-21(27)17-23(19)29/h6-13,16-17H,1-5,14-15H2,(H,30,32)(H,31,33). The van der Waals surface area contributed by atoms with Crippen molar-refractivity contribution in [1.82, 2.24) is 10.6 Å². The molecule has 0 aliphatic heterocycles. The molecule has 0 saturated heterocycles. The van der Waals surface area contributed by atoms with E-state index in [0.29, 0.717) is 33.2 Å². The third-order valence-corrected chi connectivity index (χ3v) is 5.83. The maximum absolute atomic E-state index is 11.9. The molecule has 0 spiro atoms. The summed E-state index contributed by atoms with van der Waals surface area (Å²) in [6.45, 7) is 1.23. The Labute approximate surface area is 214 Å². The van der Waals surface area contributed by atoms with Crippen LogP contribution in [-0.4, -0.2) is 24.9 Å². The molecule has 2 N–H and O–H groups in total. The van der Waals surface area contributed by atoms with Crippen molar-refractivity contribution in [2.24, 2.45) is 0 Å². The van der Waals surface area contributed by atoms with E-state index < -0.39 is 0 Å². The van der Waals surface area contributed by atoms with Crippen LogP contribution in [0.5, 0.6) is 0 Å². The maximum Gasteiger partial charge on any atom is 0.243 e. The van der Waals surface area contributed by atoms with Gasteiger partial charge in [-0.25, -0.2) is 0 Å². The second-order valence-electron chi connectivity index (χ2n) is 7.35. The first-order valence-electron chi connectivity index (χ1n) is 10.7. The first-order valence-corrected chi connectivity index (χ1v) is 12.2. The van der Waals surface area contributed by atoms with E-state index in [9.17, 15) is 9.59 Å². The Hall–Kier alpha value is -1.98. The van der Waals surface area contributed by atoms with Crippen molar-refractivity contribution in [1.29, 1.82) is 0 Å². The van der Waals surface area contributed by atoms with Crippen LogP contribution in [0.3, 0.4) is 0 Å². The third-order valence-electron chi connectivity index (χ3n) is 4.71. The summed E-state index contributed by atoms with van der Waals surface area (Å²) in [7, 11) is 0. The van der Waals surface area contributed by atoms with Crippen LogP contribution in [-0.2, 0) is 9.59 Å². The first kappa shape index (κ1) is 27.3. The number of halogens is 4. The van der Waals surface area contributed by atoms with E-state index in [1.54, 1.807) is 48.6 Å². The van der Waals surface area contributed by atoms with Gasteiger partial charge in [0.1, 0.15) is 0 Å². The van der Waals surface area contributed by atoms with Gasteiger partial charge in [-0.3, -0.25) is 9.59 Å². The van der Waals surface area contributed by atoms with E-state index in [1.807, 2.05) is 0 Å². The summed E-state index contributed by atoms with van der Waals surface area (Å²) in [4.78, 5) is 23.8. The van der Waals surface area contributed by atoms with E-state index in [2.05, 4.69) is 10.6 Å². The minimum atomic E-state index is -0.156. The van der Waals surface area contributed by atoms with E-state index >= 15 is 0 Å². The van der Waals surface area contributed by atoms with Gasteiger partial charge in [0.05, 0.1) is 0 Å². The predicted molar refractivity (Wildman–Crippen MR) is 140 cm³/mol. The SMILES string of the molecule is O=C(C=Cc1ccc(Cl)cc1Cl)NCCCCCCCNC(=O)C=Cc1ccc(Cl)cc1Cl. The van der Waals surface area contributed by atoms with Gasteiger partial charge >= 0.3 is 0 Å². The Balaban J connectivity index is 1.50. The van der Waals surface area contributed by atoms with Crippen LogP contribution >= 0.6 is 46.4 Å². The molecule has 2 aromatic rings. The van der Waals surface area contributed by atoms with Crippen LogP contribution < -0.4 is 10.6 Å². The lowest BCUT2D eigenvalue weighted by Crippen LogP contribution is -2.22. The molecule has 33 heavy (non-hydrogen) atoms. The minimum absolute atomic E-state index is 0.156. The lowest BCUT2D eigenvalue weighted by atomic mass is 10.1. The highest BCUT2D eigenvalue weighted by atomic mass is 35.5. The molecule has 0 saturated carbocycles. The zero-order valence-corrected chi connectivity index (χ0v) is 21.1. The topological polar surface area (TPSA) is 58.2 Å². The first-order chi connectivity index (χ1) is 15.8. The molecular formula is C25H26Cl4N2O2. The van der Waals surface area contributed by atoms with Gasteiger partial charge in [-0.2, -0.15) is 0 Å². The Morgan fingerprint density at radius 3 is 1.42 bits per heavy atom. The summed E-state index contributed by atoms with van der Waals surface area (Å²) in [5, 5.41) is 7.84. The van der Waals surface area contributed by atoms with Crippen LogP contribution in [0.1, 0.15) is 43.2 Å². The minimum Gasteiger partial charge on any atom is -0.353 e. The molecule has 0 bridgehead atoms. The Morgan fingerprint density at radius 1 is 0.636 bits per heavy atom. The molecule has 0 aliphatic carbocycles. The largest absolute Gasteiger partial charge is 0.353 e. The summed E-state index contributed by atoms with van der Waals surface area (Å²) in [6, 6.07) is 10.3.